The largest absolute Gasteiger partial charge is 0.439 e. The minimum absolute atomic E-state index is 0.179. The molecule has 0 unspecified atom stereocenters. The van der Waals surface area contributed by atoms with Crippen LogP contribution in [-0.2, 0) is 9.53 Å². The lowest BCUT2D eigenvalue weighted by Gasteiger charge is -2.14. The van der Waals surface area contributed by atoms with Crippen molar-refractivity contribution in [3.8, 4) is 17.7 Å². The van der Waals surface area contributed by atoms with Gasteiger partial charge in [0.1, 0.15) is 5.75 Å². The van der Waals surface area contributed by atoms with Crippen LogP contribution in [0.4, 0.5) is 10.5 Å². The smallest absolute Gasteiger partial charge is 0.405 e. The molecule has 8 heteroatoms. The van der Waals surface area contributed by atoms with Gasteiger partial charge in [0.2, 0.25) is 5.88 Å². The summed E-state index contributed by atoms with van der Waals surface area (Å²) in [5.41, 5.74) is 6.88. The fourth-order valence-corrected chi connectivity index (χ4v) is 2.50. The average molecular weight is 382 g/mol. The number of amides is 2. The number of hydrogen-bond acceptors (Lipinski definition) is 6. The Balaban J connectivity index is 2.07. The first-order valence-electron chi connectivity index (χ1n) is 8.79. The quantitative estimate of drug-likeness (QED) is 0.752. The number of carbonyl (C=O) groups is 2. The fourth-order valence-electron chi connectivity index (χ4n) is 2.50. The molecule has 2 rings (SSSR count). The number of nitriles is 1. The number of nitrogens with two attached hydrogens (primary N) is 1. The van der Waals surface area contributed by atoms with E-state index in [1.807, 2.05) is 19.9 Å². The number of carbonyl (C=O) groups excluding carboxylic acids is 2. The molecule has 1 heterocycles. The minimum atomic E-state index is -1.01. The number of hydrogen-bond donors (Lipinski definition) is 2. The van der Waals surface area contributed by atoms with E-state index in [0.717, 1.165) is 5.56 Å². The van der Waals surface area contributed by atoms with Crippen LogP contribution in [0.5, 0.6) is 11.6 Å². The van der Waals surface area contributed by atoms with Gasteiger partial charge in [-0.1, -0.05) is 20.8 Å². The predicted molar refractivity (Wildman–Crippen MR) is 103 cm³/mol. The number of nitrogens with zero attached hydrogens (tertiary/aromatic N) is 2. The molecule has 0 saturated carbocycles. The third-order valence-electron chi connectivity index (χ3n) is 3.91. The monoisotopic (exact) mass is 382 g/mol. The summed E-state index contributed by atoms with van der Waals surface area (Å²) >= 11 is 0. The number of pyridine rings is 1. The van der Waals surface area contributed by atoms with Crippen molar-refractivity contribution in [2.75, 3.05) is 5.32 Å². The van der Waals surface area contributed by atoms with Crippen LogP contribution in [0.2, 0.25) is 0 Å². The third-order valence-corrected chi connectivity index (χ3v) is 3.91. The number of aromatic nitrogens is 1. The van der Waals surface area contributed by atoms with Crippen molar-refractivity contribution in [3.05, 3.63) is 47.7 Å². The highest BCUT2D eigenvalue weighted by atomic mass is 16.6. The van der Waals surface area contributed by atoms with E-state index < -0.39 is 18.1 Å². The Hall–Kier alpha value is -3.60. The number of benzene rings is 1. The van der Waals surface area contributed by atoms with Crippen molar-refractivity contribution in [1.82, 2.24) is 4.98 Å². The molecule has 0 aliphatic heterocycles. The Morgan fingerprint density at radius 2 is 2.04 bits per heavy atom. The van der Waals surface area contributed by atoms with Gasteiger partial charge in [0, 0.05) is 6.07 Å². The van der Waals surface area contributed by atoms with Gasteiger partial charge in [-0.2, -0.15) is 5.26 Å². The topological polar surface area (TPSA) is 127 Å². The first kappa shape index (κ1) is 20.7. The summed E-state index contributed by atoms with van der Waals surface area (Å²) in [7, 11) is 0. The maximum Gasteiger partial charge on any atom is 0.405 e. The lowest BCUT2D eigenvalue weighted by atomic mass is 9.98. The molecule has 0 spiro atoms. The van der Waals surface area contributed by atoms with Crippen molar-refractivity contribution >= 4 is 17.7 Å². The lowest BCUT2D eigenvalue weighted by molar-refractivity contribution is -0.124. The van der Waals surface area contributed by atoms with Gasteiger partial charge in [0.15, 0.2) is 6.10 Å². The molecular formula is C20H22N4O4. The van der Waals surface area contributed by atoms with E-state index in [0.29, 0.717) is 29.3 Å². The maximum atomic E-state index is 12.1. The van der Waals surface area contributed by atoms with Crippen molar-refractivity contribution in [1.29, 1.82) is 5.26 Å². The summed E-state index contributed by atoms with van der Waals surface area (Å²) < 4.78 is 10.5. The summed E-state index contributed by atoms with van der Waals surface area (Å²) in [5.74, 6) is 0.578. The number of anilines is 1. The molecule has 0 fully saturated rings. The Labute approximate surface area is 163 Å². The van der Waals surface area contributed by atoms with Crippen LogP contribution in [-0.4, -0.2) is 23.1 Å². The van der Waals surface area contributed by atoms with Crippen LogP contribution in [0.1, 0.15) is 44.2 Å². The fraction of sp³-hybridized carbons (Fsp3) is 0.300. The van der Waals surface area contributed by atoms with Crippen LogP contribution in [0.25, 0.3) is 0 Å². The normalized spacial score (nSPS) is 11.4. The molecule has 28 heavy (non-hydrogen) atoms. The van der Waals surface area contributed by atoms with E-state index in [2.05, 4.69) is 16.4 Å². The van der Waals surface area contributed by atoms with Crippen LogP contribution >= 0.6 is 0 Å². The summed E-state index contributed by atoms with van der Waals surface area (Å²) in [6.45, 7) is 5.70. The molecule has 2 aromatic rings. The minimum Gasteiger partial charge on any atom is -0.439 e. The van der Waals surface area contributed by atoms with E-state index >= 15 is 0 Å². The second-order valence-electron chi connectivity index (χ2n) is 6.33. The molecule has 0 aliphatic rings. The molecular weight excluding hydrogens is 360 g/mol. The van der Waals surface area contributed by atoms with Crippen LogP contribution in [0.3, 0.4) is 0 Å². The second-order valence-corrected chi connectivity index (χ2v) is 6.33. The SMILES string of the molecule is CC[C@@H](OC(N)=O)C(=O)Nc1ccc(Oc2ccc(C#N)c(C(C)C)c2)nc1. The number of primary amides is 1. The zero-order valence-electron chi connectivity index (χ0n) is 15.9. The van der Waals surface area contributed by atoms with Gasteiger partial charge in [-0.3, -0.25) is 4.79 Å². The standard InChI is InChI=1S/C20H22N4O4/c1-4-17(28-20(22)26)19(25)24-14-6-8-18(23-11-14)27-15-7-5-13(10-21)16(9-15)12(2)3/h5-9,11-12,17H,4H2,1-3H3,(H2,22,26)(H,24,25)/t17-/m1/s1. The Bertz CT molecular complexity index is 888. The van der Waals surface area contributed by atoms with Gasteiger partial charge in [0.05, 0.1) is 23.5 Å². The summed E-state index contributed by atoms with van der Waals surface area (Å²) in [4.78, 5) is 27.1. The van der Waals surface area contributed by atoms with Crippen molar-refractivity contribution < 1.29 is 19.1 Å². The van der Waals surface area contributed by atoms with Gasteiger partial charge in [-0.25, -0.2) is 9.78 Å². The molecule has 1 aromatic carbocycles. The molecule has 0 radical (unpaired) electrons. The summed E-state index contributed by atoms with van der Waals surface area (Å²) in [5, 5.41) is 11.8. The van der Waals surface area contributed by atoms with Crippen molar-refractivity contribution in [2.45, 2.75) is 39.2 Å². The van der Waals surface area contributed by atoms with E-state index in [1.54, 1.807) is 31.2 Å². The Kier molecular flexibility index (Phi) is 6.93. The van der Waals surface area contributed by atoms with Crippen molar-refractivity contribution in [2.24, 2.45) is 5.73 Å². The number of ether oxygens (including phenoxy) is 2. The molecule has 1 atom stereocenters. The average Bonchev–Trinajstić information content (AvgIpc) is 2.67. The number of nitrogens with one attached hydrogen (secondary N) is 1. The highest BCUT2D eigenvalue weighted by Crippen LogP contribution is 2.27. The molecule has 2 amide bonds. The highest BCUT2D eigenvalue weighted by Gasteiger charge is 2.20. The van der Waals surface area contributed by atoms with Gasteiger partial charge in [-0.15, -0.1) is 0 Å². The van der Waals surface area contributed by atoms with E-state index in [1.165, 1.54) is 6.20 Å². The van der Waals surface area contributed by atoms with Gasteiger partial charge < -0.3 is 20.5 Å². The van der Waals surface area contributed by atoms with Gasteiger partial charge in [-0.05, 0) is 42.2 Å². The molecule has 0 bridgehead atoms. The first-order chi connectivity index (χ1) is 13.3. The van der Waals surface area contributed by atoms with Crippen LogP contribution in [0, 0.1) is 11.3 Å². The molecule has 0 aliphatic carbocycles. The second kappa shape index (κ2) is 9.37. The number of rotatable bonds is 7. The highest BCUT2D eigenvalue weighted by molar-refractivity contribution is 5.95. The van der Waals surface area contributed by atoms with E-state index in [4.69, 9.17) is 15.2 Å². The lowest BCUT2D eigenvalue weighted by Crippen LogP contribution is -2.33. The van der Waals surface area contributed by atoms with Crippen LogP contribution < -0.4 is 15.8 Å². The van der Waals surface area contributed by atoms with E-state index in [9.17, 15) is 14.9 Å². The van der Waals surface area contributed by atoms with E-state index in [-0.39, 0.29) is 5.92 Å². The Morgan fingerprint density at radius 3 is 2.57 bits per heavy atom. The summed E-state index contributed by atoms with van der Waals surface area (Å²) in [6, 6.07) is 10.6. The molecule has 3 N–H and O–H groups in total. The molecule has 0 saturated heterocycles. The zero-order valence-corrected chi connectivity index (χ0v) is 15.9. The molecule has 8 nitrogen and oxygen atoms in total. The first-order valence-corrected chi connectivity index (χ1v) is 8.79. The van der Waals surface area contributed by atoms with Gasteiger partial charge in [0.25, 0.3) is 5.91 Å². The zero-order chi connectivity index (χ0) is 20.7. The third kappa shape index (κ3) is 5.45. The van der Waals surface area contributed by atoms with Crippen LogP contribution in [0.15, 0.2) is 36.5 Å². The molecule has 1 aromatic heterocycles. The predicted octanol–water partition coefficient (Wildman–Crippen LogP) is 3.68. The maximum absolute atomic E-state index is 12.1. The summed E-state index contributed by atoms with van der Waals surface area (Å²) in [6.07, 6.45) is -0.258. The Morgan fingerprint density at radius 1 is 1.29 bits per heavy atom. The van der Waals surface area contributed by atoms with Crippen molar-refractivity contribution in [3.63, 3.8) is 0 Å². The molecule has 146 valence electrons. The van der Waals surface area contributed by atoms with Gasteiger partial charge >= 0.3 is 6.09 Å².